The summed E-state index contributed by atoms with van der Waals surface area (Å²) in [5, 5.41) is 15.6. The Balaban J connectivity index is 2.17. The van der Waals surface area contributed by atoms with Crippen molar-refractivity contribution < 1.29 is 5.11 Å². The second-order valence-corrected chi connectivity index (χ2v) is 5.61. The number of thiophene rings is 1. The van der Waals surface area contributed by atoms with Crippen LogP contribution in [0.4, 0.5) is 0 Å². The van der Waals surface area contributed by atoms with E-state index in [-0.39, 0.29) is 0 Å². The van der Waals surface area contributed by atoms with Crippen LogP contribution in [0.2, 0.25) is 0 Å². The lowest BCUT2D eigenvalue weighted by Crippen LogP contribution is -2.30. The van der Waals surface area contributed by atoms with Crippen molar-refractivity contribution in [2.75, 3.05) is 13.1 Å². The van der Waals surface area contributed by atoms with Gasteiger partial charge in [0.1, 0.15) is 0 Å². The van der Waals surface area contributed by atoms with Crippen LogP contribution in [0.3, 0.4) is 0 Å². The standard InChI is InChI=1S/C13H23NOS/c1-3-9-14-10-8-13(2,15)7-6-12-5-4-11-16-12/h4-5,11,14-15H,3,6-10H2,1-2H3. The molecule has 1 atom stereocenters. The SMILES string of the molecule is CCCNCCC(C)(O)CCc1cccs1. The molecule has 0 bridgehead atoms. The van der Waals surface area contributed by atoms with E-state index in [0.29, 0.717) is 0 Å². The second kappa shape index (κ2) is 7.05. The van der Waals surface area contributed by atoms with Crippen LogP contribution in [0.5, 0.6) is 0 Å². The molecule has 0 aromatic carbocycles. The Kier molecular flexibility index (Phi) is 6.03. The second-order valence-electron chi connectivity index (χ2n) is 4.58. The molecule has 0 aliphatic carbocycles. The van der Waals surface area contributed by atoms with Crippen molar-refractivity contribution in [3.8, 4) is 0 Å². The van der Waals surface area contributed by atoms with Gasteiger partial charge in [-0.25, -0.2) is 0 Å². The van der Waals surface area contributed by atoms with Gasteiger partial charge in [-0.15, -0.1) is 11.3 Å². The van der Waals surface area contributed by atoms with E-state index in [9.17, 15) is 5.11 Å². The van der Waals surface area contributed by atoms with Crippen LogP contribution in [0.15, 0.2) is 17.5 Å². The Morgan fingerprint density at radius 1 is 1.38 bits per heavy atom. The Hall–Kier alpha value is -0.380. The molecule has 0 fully saturated rings. The first-order valence-electron chi connectivity index (χ1n) is 6.09. The van der Waals surface area contributed by atoms with Crippen LogP contribution in [-0.4, -0.2) is 23.8 Å². The highest BCUT2D eigenvalue weighted by atomic mass is 32.1. The minimum absolute atomic E-state index is 0.537. The predicted molar refractivity (Wildman–Crippen MR) is 71.0 cm³/mol. The monoisotopic (exact) mass is 241 g/mol. The molecular formula is C13H23NOS. The van der Waals surface area contributed by atoms with Gasteiger partial charge in [0.25, 0.3) is 0 Å². The maximum absolute atomic E-state index is 10.2. The summed E-state index contributed by atoms with van der Waals surface area (Å²) < 4.78 is 0. The zero-order chi connectivity index (χ0) is 11.9. The third-order valence-electron chi connectivity index (χ3n) is 2.76. The summed E-state index contributed by atoms with van der Waals surface area (Å²) in [6, 6.07) is 4.20. The first kappa shape index (κ1) is 13.7. The summed E-state index contributed by atoms with van der Waals surface area (Å²) in [4.78, 5) is 1.36. The largest absolute Gasteiger partial charge is 0.390 e. The van der Waals surface area contributed by atoms with Gasteiger partial charge in [0.05, 0.1) is 5.60 Å². The molecule has 0 aliphatic rings. The predicted octanol–water partition coefficient (Wildman–Crippen LogP) is 2.82. The minimum Gasteiger partial charge on any atom is -0.390 e. The molecule has 0 radical (unpaired) electrons. The van der Waals surface area contributed by atoms with Crippen molar-refractivity contribution in [3.63, 3.8) is 0 Å². The summed E-state index contributed by atoms with van der Waals surface area (Å²) in [6.07, 6.45) is 3.81. The lowest BCUT2D eigenvalue weighted by molar-refractivity contribution is 0.0428. The Labute approximate surface area is 103 Å². The average Bonchev–Trinajstić information content (AvgIpc) is 2.75. The highest BCUT2D eigenvalue weighted by Gasteiger charge is 2.19. The normalized spacial score (nSPS) is 14.9. The maximum Gasteiger partial charge on any atom is 0.0635 e. The van der Waals surface area contributed by atoms with E-state index >= 15 is 0 Å². The van der Waals surface area contributed by atoms with Crippen LogP contribution < -0.4 is 5.32 Å². The summed E-state index contributed by atoms with van der Waals surface area (Å²) in [5.41, 5.74) is -0.537. The fourth-order valence-corrected chi connectivity index (χ4v) is 2.34. The first-order chi connectivity index (χ1) is 7.64. The third kappa shape index (κ3) is 5.64. The van der Waals surface area contributed by atoms with Crippen molar-refractivity contribution in [2.24, 2.45) is 0 Å². The average molecular weight is 241 g/mol. The molecule has 2 N–H and O–H groups in total. The van der Waals surface area contributed by atoms with E-state index in [4.69, 9.17) is 0 Å². The zero-order valence-electron chi connectivity index (χ0n) is 10.3. The number of aryl methyl sites for hydroxylation is 1. The van der Waals surface area contributed by atoms with E-state index in [0.717, 1.165) is 38.8 Å². The van der Waals surface area contributed by atoms with Gasteiger partial charge in [-0.2, -0.15) is 0 Å². The summed E-state index contributed by atoms with van der Waals surface area (Å²) in [5.74, 6) is 0. The van der Waals surface area contributed by atoms with Crippen molar-refractivity contribution in [2.45, 2.75) is 45.1 Å². The lowest BCUT2D eigenvalue weighted by atomic mass is 9.96. The van der Waals surface area contributed by atoms with E-state index in [2.05, 4.69) is 29.8 Å². The highest BCUT2D eigenvalue weighted by molar-refractivity contribution is 7.09. The number of nitrogens with one attached hydrogen (secondary N) is 1. The highest BCUT2D eigenvalue weighted by Crippen LogP contribution is 2.19. The van der Waals surface area contributed by atoms with Crippen LogP contribution in [0.1, 0.15) is 38.0 Å². The van der Waals surface area contributed by atoms with Gasteiger partial charge in [-0.1, -0.05) is 13.0 Å². The molecule has 1 rings (SSSR count). The molecule has 0 aliphatic heterocycles. The number of hydrogen-bond donors (Lipinski definition) is 2. The quantitative estimate of drug-likeness (QED) is 0.686. The summed E-state index contributed by atoms with van der Waals surface area (Å²) in [6.45, 7) is 6.04. The number of rotatable bonds is 8. The summed E-state index contributed by atoms with van der Waals surface area (Å²) in [7, 11) is 0. The molecule has 0 spiro atoms. The summed E-state index contributed by atoms with van der Waals surface area (Å²) >= 11 is 1.77. The van der Waals surface area contributed by atoms with Gasteiger partial charge in [0, 0.05) is 4.88 Å². The van der Waals surface area contributed by atoms with Crippen LogP contribution in [0.25, 0.3) is 0 Å². The molecule has 92 valence electrons. The molecule has 1 heterocycles. The molecule has 1 aromatic heterocycles. The molecule has 3 heteroatoms. The van der Waals surface area contributed by atoms with Crippen molar-refractivity contribution in [3.05, 3.63) is 22.4 Å². The van der Waals surface area contributed by atoms with Gasteiger partial charge in [0.15, 0.2) is 0 Å². The first-order valence-corrected chi connectivity index (χ1v) is 6.97. The fraction of sp³-hybridized carbons (Fsp3) is 0.692. The zero-order valence-corrected chi connectivity index (χ0v) is 11.1. The van der Waals surface area contributed by atoms with Gasteiger partial charge >= 0.3 is 0 Å². The Morgan fingerprint density at radius 2 is 2.19 bits per heavy atom. The van der Waals surface area contributed by atoms with Crippen molar-refractivity contribution in [1.29, 1.82) is 0 Å². The topological polar surface area (TPSA) is 32.3 Å². The van der Waals surface area contributed by atoms with Gasteiger partial charge in [-0.05, 0) is 57.1 Å². The Morgan fingerprint density at radius 3 is 2.81 bits per heavy atom. The minimum atomic E-state index is -0.537. The molecule has 0 amide bonds. The van der Waals surface area contributed by atoms with Crippen molar-refractivity contribution in [1.82, 2.24) is 5.32 Å². The van der Waals surface area contributed by atoms with Gasteiger partial charge in [-0.3, -0.25) is 0 Å². The molecule has 1 aromatic rings. The van der Waals surface area contributed by atoms with E-state index in [1.54, 1.807) is 11.3 Å². The van der Waals surface area contributed by atoms with E-state index in [1.165, 1.54) is 4.88 Å². The fourth-order valence-electron chi connectivity index (χ4n) is 1.63. The molecular weight excluding hydrogens is 218 g/mol. The lowest BCUT2D eigenvalue weighted by Gasteiger charge is -2.23. The van der Waals surface area contributed by atoms with Crippen LogP contribution in [0, 0.1) is 0 Å². The molecule has 0 saturated carbocycles. The molecule has 2 nitrogen and oxygen atoms in total. The number of hydrogen-bond acceptors (Lipinski definition) is 3. The molecule has 16 heavy (non-hydrogen) atoms. The third-order valence-corrected chi connectivity index (χ3v) is 3.69. The number of aliphatic hydroxyl groups is 1. The van der Waals surface area contributed by atoms with Crippen LogP contribution in [-0.2, 0) is 6.42 Å². The Bertz CT molecular complexity index is 269. The van der Waals surface area contributed by atoms with Gasteiger partial charge in [0.2, 0.25) is 0 Å². The maximum atomic E-state index is 10.2. The smallest absolute Gasteiger partial charge is 0.0635 e. The van der Waals surface area contributed by atoms with Crippen LogP contribution >= 0.6 is 11.3 Å². The van der Waals surface area contributed by atoms with E-state index < -0.39 is 5.60 Å². The van der Waals surface area contributed by atoms with E-state index in [1.807, 2.05) is 6.92 Å². The molecule has 0 saturated heterocycles. The van der Waals surface area contributed by atoms with Crippen molar-refractivity contribution >= 4 is 11.3 Å². The molecule has 1 unspecified atom stereocenters. The van der Waals surface area contributed by atoms with Gasteiger partial charge < -0.3 is 10.4 Å².